The average molecular weight is 252 g/mol. The van der Waals surface area contributed by atoms with Gasteiger partial charge < -0.3 is 5.11 Å². The van der Waals surface area contributed by atoms with Crippen LogP contribution in [0.2, 0.25) is 0 Å². The Labute approximate surface area is 98.5 Å². The van der Waals surface area contributed by atoms with E-state index in [1.807, 2.05) is 6.07 Å². The summed E-state index contributed by atoms with van der Waals surface area (Å²) in [6.07, 6.45) is 0. The van der Waals surface area contributed by atoms with Gasteiger partial charge >= 0.3 is 5.97 Å². The van der Waals surface area contributed by atoms with Gasteiger partial charge in [-0.1, -0.05) is 23.3 Å². The van der Waals surface area contributed by atoms with Gasteiger partial charge in [0.2, 0.25) is 5.16 Å². The van der Waals surface area contributed by atoms with Crippen LogP contribution < -0.4 is 0 Å². The first kappa shape index (κ1) is 11.4. The lowest BCUT2D eigenvalue weighted by molar-refractivity contribution is -0.133. The molecule has 17 heavy (non-hydrogen) atoms. The van der Waals surface area contributed by atoms with Crippen molar-refractivity contribution in [1.82, 2.24) is 20.2 Å². The Morgan fingerprint density at radius 3 is 2.71 bits per heavy atom. The van der Waals surface area contributed by atoms with Crippen LogP contribution in [0.4, 0.5) is 0 Å². The summed E-state index contributed by atoms with van der Waals surface area (Å²) < 4.78 is 12.9. The topological polar surface area (TPSA) is 98.0 Å². The van der Waals surface area contributed by atoms with Gasteiger partial charge in [-0.05, 0) is 22.6 Å². The van der Waals surface area contributed by atoms with Gasteiger partial charge in [-0.25, -0.2) is 0 Å². The third-order valence-electron chi connectivity index (χ3n) is 1.90. The van der Waals surface area contributed by atoms with Crippen LogP contribution in [0.25, 0.3) is 5.69 Å². The highest BCUT2D eigenvalue weighted by atomic mass is 32.2. The van der Waals surface area contributed by atoms with Gasteiger partial charge in [-0.15, -0.1) is 0 Å². The van der Waals surface area contributed by atoms with Crippen molar-refractivity contribution in [2.45, 2.75) is 5.16 Å². The van der Waals surface area contributed by atoms with Gasteiger partial charge in [0.15, 0.2) is 0 Å². The first-order valence-electron chi connectivity index (χ1n) is 4.62. The highest BCUT2D eigenvalue weighted by molar-refractivity contribution is 7.85. The lowest BCUT2D eigenvalue weighted by Crippen LogP contribution is -2.13. The van der Waals surface area contributed by atoms with Gasteiger partial charge in [0, 0.05) is 0 Å². The number of carboxylic acids is 1. The monoisotopic (exact) mass is 252 g/mol. The second-order valence-electron chi connectivity index (χ2n) is 3.09. The minimum Gasteiger partial charge on any atom is -0.481 e. The first-order valence-corrected chi connectivity index (χ1v) is 5.94. The average Bonchev–Trinajstić information content (AvgIpc) is 2.78. The van der Waals surface area contributed by atoms with E-state index in [1.165, 1.54) is 4.68 Å². The number of hydrogen-bond acceptors (Lipinski definition) is 5. The predicted molar refractivity (Wildman–Crippen MR) is 58.1 cm³/mol. The number of carbonyl (C=O) groups is 1. The van der Waals surface area contributed by atoms with Crippen molar-refractivity contribution < 1.29 is 14.1 Å². The zero-order chi connectivity index (χ0) is 12.3. The molecule has 0 amide bonds. The molecule has 1 heterocycles. The van der Waals surface area contributed by atoms with Crippen LogP contribution >= 0.6 is 0 Å². The Hall–Kier alpha value is -2.09. The number of nitrogens with zero attached hydrogens (tertiary/aromatic N) is 4. The van der Waals surface area contributed by atoms with E-state index in [4.69, 9.17) is 5.11 Å². The van der Waals surface area contributed by atoms with Gasteiger partial charge in [-0.3, -0.25) is 9.00 Å². The largest absolute Gasteiger partial charge is 0.481 e. The molecule has 8 heteroatoms. The van der Waals surface area contributed by atoms with Crippen LogP contribution in [0.1, 0.15) is 0 Å². The van der Waals surface area contributed by atoms with Crippen LogP contribution in [0.3, 0.4) is 0 Å². The molecule has 0 aliphatic heterocycles. The van der Waals surface area contributed by atoms with Gasteiger partial charge in [0.05, 0.1) is 5.69 Å². The lowest BCUT2D eigenvalue weighted by Gasteiger charge is -2.02. The molecule has 0 radical (unpaired) electrons. The van der Waals surface area contributed by atoms with Crippen LogP contribution in [-0.4, -0.2) is 41.2 Å². The molecule has 0 fully saturated rings. The summed E-state index contributed by atoms with van der Waals surface area (Å²) in [5.41, 5.74) is 0.631. The quantitative estimate of drug-likeness (QED) is 0.812. The van der Waals surface area contributed by atoms with E-state index < -0.39 is 22.5 Å². The van der Waals surface area contributed by atoms with Crippen molar-refractivity contribution in [3.05, 3.63) is 30.3 Å². The predicted octanol–water partition coefficient (Wildman–Crippen LogP) is -0.146. The highest BCUT2D eigenvalue weighted by Crippen LogP contribution is 2.09. The number of aromatic nitrogens is 4. The van der Waals surface area contributed by atoms with Gasteiger partial charge in [-0.2, -0.15) is 4.68 Å². The van der Waals surface area contributed by atoms with E-state index in [0.29, 0.717) is 5.69 Å². The molecule has 2 rings (SSSR count). The standard InChI is InChI=1S/C9H8N4O3S/c14-8(15)6-17(16)9-10-11-12-13(9)7-4-2-1-3-5-7/h1-5H,6H2,(H,14,15). The van der Waals surface area contributed by atoms with Crippen molar-refractivity contribution in [2.75, 3.05) is 5.75 Å². The van der Waals surface area contributed by atoms with E-state index in [-0.39, 0.29) is 5.16 Å². The van der Waals surface area contributed by atoms with E-state index in [1.54, 1.807) is 24.3 Å². The Bertz CT molecular complexity index is 554. The maximum Gasteiger partial charge on any atom is 0.316 e. The number of carboxylic acid groups (broad SMARTS) is 1. The molecule has 0 saturated carbocycles. The summed E-state index contributed by atoms with van der Waals surface area (Å²) >= 11 is 0. The normalized spacial score (nSPS) is 12.2. The summed E-state index contributed by atoms with van der Waals surface area (Å²) in [4.78, 5) is 10.5. The lowest BCUT2D eigenvalue weighted by atomic mass is 10.3. The molecule has 88 valence electrons. The number of hydrogen-bond donors (Lipinski definition) is 1. The Morgan fingerprint density at radius 1 is 1.35 bits per heavy atom. The minimum atomic E-state index is -1.77. The zero-order valence-corrected chi connectivity index (χ0v) is 9.37. The van der Waals surface area contributed by atoms with E-state index in [2.05, 4.69) is 15.5 Å². The second-order valence-corrected chi connectivity index (χ2v) is 4.44. The smallest absolute Gasteiger partial charge is 0.316 e. The van der Waals surface area contributed by atoms with Crippen LogP contribution in [0.5, 0.6) is 0 Å². The van der Waals surface area contributed by atoms with Crippen LogP contribution in [-0.2, 0) is 15.6 Å². The number of tetrazole rings is 1. The summed E-state index contributed by atoms with van der Waals surface area (Å²) in [5, 5.41) is 19.3. The Kier molecular flexibility index (Phi) is 3.24. The summed E-state index contributed by atoms with van der Waals surface area (Å²) in [7, 11) is -1.77. The summed E-state index contributed by atoms with van der Waals surface area (Å²) in [5.74, 6) is -1.68. The van der Waals surface area contributed by atoms with Crippen molar-refractivity contribution in [2.24, 2.45) is 0 Å². The molecule has 0 aliphatic rings. The third-order valence-corrected chi connectivity index (χ3v) is 3.07. The third kappa shape index (κ3) is 2.53. The molecule has 0 spiro atoms. The van der Waals surface area contributed by atoms with Gasteiger partial charge in [0.1, 0.15) is 16.6 Å². The Balaban J connectivity index is 2.35. The minimum absolute atomic E-state index is 0.0265. The van der Waals surface area contributed by atoms with E-state index in [0.717, 1.165) is 0 Å². The number of rotatable bonds is 4. The molecule has 7 nitrogen and oxygen atoms in total. The molecule has 1 N–H and O–H groups in total. The summed E-state index contributed by atoms with van der Waals surface area (Å²) in [6.45, 7) is 0. The van der Waals surface area contributed by atoms with Crippen molar-refractivity contribution in [3.63, 3.8) is 0 Å². The maximum atomic E-state index is 11.7. The fourth-order valence-electron chi connectivity index (χ4n) is 1.23. The SMILES string of the molecule is O=C(O)CS(=O)c1nnnn1-c1ccccc1. The molecular weight excluding hydrogens is 244 g/mol. The summed E-state index contributed by atoms with van der Waals surface area (Å²) in [6, 6.07) is 8.85. The molecule has 0 aliphatic carbocycles. The molecule has 1 aromatic heterocycles. The van der Waals surface area contributed by atoms with E-state index >= 15 is 0 Å². The van der Waals surface area contributed by atoms with Crippen molar-refractivity contribution in [3.8, 4) is 5.69 Å². The molecule has 0 saturated heterocycles. The molecule has 1 aromatic carbocycles. The number of aliphatic carboxylic acids is 1. The van der Waals surface area contributed by atoms with Gasteiger partial charge in [0.25, 0.3) is 0 Å². The fourth-order valence-corrected chi connectivity index (χ4v) is 2.04. The van der Waals surface area contributed by atoms with Crippen molar-refractivity contribution in [1.29, 1.82) is 0 Å². The molecule has 1 atom stereocenters. The Morgan fingerprint density at radius 2 is 2.06 bits per heavy atom. The maximum absolute atomic E-state index is 11.7. The molecule has 2 aromatic rings. The fraction of sp³-hybridized carbons (Fsp3) is 0.111. The second kappa shape index (κ2) is 4.83. The highest BCUT2D eigenvalue weighted by Gasteiger charge is 2.17. The first-order chi connectivity index (χ1) is 8.18. The number of benzene rings is 1. The van der Waals surface area contributed by atoms with Crippen LogP contribution in [0, 0.1) is 0 Å². The van der Waals surface area contributed by atoms with E-state index in [9.17, 15) is 9.00 Å². The zero-order valence-electron chi connectivity index (χ0n) is 8.55. The molecule has 1 unspecified atom stereocenters. The van der Waals surface area contributed by atoms with Crippen LogP contribution in [0.15, 0.2) is 35.5 Å². The molecular formula is C9H8N4O3S. The molecule has 0 bridgehead atoms. The number of para-hydroxylation sites is 1. The van der Waals surface area contributed by atoms with Crippen molar-refractivity contribution >= 4 is 16.8 Å².